The van der Waals surface area contributed by atoms with Gasteiger partial charge in [0.15, 0.2) is 11.6 Å². The smallest absolute Gasteiger partial charge is 0.195 e. The number of carbonyl (C=O) groups excluding carboxylic acids is 2. The van der Waals surface area contributed by atoms with Crippen molar-refractivity contribution in [3.63, 3.8) is 0 Å². The highest BCUT2D eigenvalue weighted by molar-refractivity contribution is 6.32. The van der Waals surface area contributed by atoms with E-state index in [1.807, 2.05) is 32.0 Å². The Kier molecular flexibility index (Phi) is 3.66. The lowest BCUT2D eigenvalue weighted by Crippen LogP contribution is -2.24. The van der Waals surface area contributed by atoms with Gasteiger partial charge < -0.3 is 0 Å². The number of nitrogens with one attached hydrogen (secondary N) is 1. The second-order valence-corrected chi connectivity index (χ2v) is 6.57. The molecule has 0 aliphatic heterocycles. The molecule has 0 fully saturated rings. The second kappa shape index (κ2) is 5.88. The number of ketones is 2. The summed E-state index contributed by atoms with van der Waals surface area (Å²) in [5.41, 5.74) is 5.09. The van der Waals surface area contributed by atoms with Crippen LogP contribution in [0.15, 0.2) is 60.7 Å². The average molecular weight is 339 g/mol. The summed E-state index contributed by atoms with van der Waals surface area (Å²) in [7, 11) is 0. The van der Waals surface area contributed by atoms with Gasteiger partial charge in [-0.1, -0.05) is 60.7 Å². The predicted octanol–water partition coefficient (Wildman–Crippen LogP) is 4.50. The Morgan fingerprint density at radius 1 is 0.692 bits per heavy atom. The second-order valence-electron chi connectivity index (χ2n) is 6.57. The van der Waals surface area contributed by atoms with Crippen LogP contribution >= 0.6 is 0 Å². The zero-order valence-corrected chi connectivity index (χ0v) is 14.6. The molecule has 1 aliphatic rings. The van der Waals surface area contributed by atoms with Crippen molar-refractivity contribution in [3.05, 3.63) is 105 Å². The topological polar surface area (TPSA) is 58.0 Å². The van der Waals surface area contributed by atoms with Gasteiger partial charge in [-0.05, 0) is 25.0 Å². The third kappa shape index (κ3) is 2.25. The van der Waals surface area contributed by atoms with Crippen LogP contribution in [0.2, 0.25) is 0 Å². The van der Waals surface area contributed by atoms with Crippen LogP contribution in [0.25, 0.3) is 0 Å². The van der Waals surface area contributed by atoms with E-state index in [1.54, 1.807) is 42.5 Å². The van der Waals surface area contributed by atoms with E-state index in [4.69, 9.17) is 5.41 Å². The molecule has 1 aliphatic carbocycles. The quantitative estimate of drug-likeness (QED) is 0.547. The van der Waals surface area contributed by atoms with Gasteiger partial charge in [-0.3, -0.25) is 15.0 Å². The van der Waals surface area contributed by atoms with Crippen LogP contribution in [0.1, 0.15) is 54.1 Å². The minimum Gasteiger partial charge on any atom is -0.300 e. The molecule has 126 valence electrons. The van der Waals surface area contributed by atoms with Crippen LogP contribution in [0.3, 0.4) is 0 Å². The van der Waals surface area contributed by atoms with Gasteiger partial charge in [0, 0.05) is 33.4 Å². The molecule has 3 aromatic rings. The third-order valence-corrected chi connectivity index (χ3v) is 4.95. The fraction of sp³-hybridized carbons (Fsp3) is 0.0870. The van der Waals surface area contributed by atoms with Gasteiger partial charge in [-0.2, -0.15) is 0 Å². The normalized spacial score (nSPS) is 12.5. The van der Waals surface area contributed by atoms with Crippen LogP contribution in [0.5, 0.6) is 0 Å². The summed E-state index contributed by atoms with van der Waals surface area (Å²) in [5.74, 6) is -0.354. The molecule has 1 N–H and O–H groups in total. The first-order valence-electron chi connectivity index (χ1n) is 8.47. The number of hydrogen-bond acceptors (Lipinski definition) is 3. The Hall–Kier alpha value is -3.33. The lowest BCUT2D eigenvalue weighted by Gasteiger charge is -2.21. The molecule has 26 heavy (non-hydrogen) atoms. The highest BCUT2D eigenvalue weighted by atomic mass is 16.1. The number of fused-ring (bicyclic) bond motifs is 2. The summed E-state index contributed by atoms with van der Waals surface area (Å²) in [4.78, 5) is 26.0. The molecule has 0 spiro atoms. The Balaban J connectivity index is 1.96. The van der Waals surface area contributed by atoms with Crippen LogP contribution in [-0.2, 0) is 0 Å². The van der Waals surface area contributed by atoms with E-state index in [1.165, 1.54) is 0 Å². The molecule has 3 aromatic carbocycles. The maximum atomic E-state index is 13.1. The Bertz CT molecular complexity index is 1090. The number of carbonyl (C=O) groups is 2. The minimum absolute atomic E-state index is 0.161. The minimum atomic E-state index is -0.193. The van der Waals surface area contributed by atoms with Gasteiger partial charge in [0.05, 0.1) is 5.71 Å². The van der Waals surface area contributed by atoms with Crippen molar-refractivity contribution in [2.24, 2.45) is 0 Å². The van der Waals surface area contributed by atoms with Crippen LogP contribution < -0.4 is 0 Å². The van der Waals surface area contributed by atoms with E-state index in [2.05, 4.69) is 0 Å². The third-order valence-electron chi connectivity index (χ3n) is 4.95. The number of rotatable bonds is 2. The highest BCUT2D eigenvalue weighted by Gasteiger charge is 2.32. The Morgan fingerprint density at radius 3 is 1.88 bits per heavy atom. The van der Waals surface area contributed by atoms with Crippen LogP contribution in [0, 0.1) is 19.3 Å². The van der Waals surface area contributed by atoms with E-state index in [9.17, 15) is 9.59 Å². The standard InChI is InChI=1S/C23H17NO2/c1-13-7-5-8-14(2)19(13)21(24)17-11-6-12-18-20(17)23(26)16-10-4-3-9-15(16)22(18)25/h3-12,24H,1-2H3. The molecule has 0 radical (unpaired) electrons. The molecule has 3 heteroatoms. The SMILES string of the molecule is Cc1cccc(C)c1C(=N)c1cccc2c1C(=O)c1ccccc1C2=O. The highest BCUT2D eigenvalue weighted by Crippen LogP contribution is 2.31. The largest absolute Gasteiger partial charge is 0.300 e. The molecule has 0 bridgehead atoms. The first-order chi connectivity index (χ1) is 12.5. The first kappa shape index (κ1) is 16.2. The molecule has 0 saturated heterocycles. The molecular formula is C23H17NO2. The van der Waals surface area contributed by atoms with Crippen molar-refractivity contribution in [2.75, 3.05) is 0 Å². The van der Waals surface area contributed by atoms with Crippen molar-refractivity contribution >= 4 is 17.3 Å². The van der Waals surface area contributed by atoms with Gasteiger partial charge in [0.2, 0.25) is 0 Å². The Morgan fingerprint density at radius 2 is 1.23 bits per heavy atom. The summed E-state index contributed by atoms with van der Waals surface area (Å²) in [5, 5.41) is 8.77. The van der Waals surface area contributed by atoms with E-state index < -0.39 is 0 Å². The Labute approximate surface area is 151 Å². The molecular weight excluding hydrogens is 322 g/mol. The summed E-state index contributed by atoms with van der Waals surface area (Å²) in [6.07, 6.45) is 0. The van der Waals surface area contributed by atoms with Crippen LogP contribution in [0.4, 0.5) is 0 Å². The summed E-state index contributed by atoms with van der Waals surface area (Å²) in [6, 6.07) is 17.9. The van der Waals surface area contributed by atoms with Gasteiger partial charge in [0.25, 0.3) is 0 Å². The zero-order chi connectivity index (χ0) is 18.4. The number of benzene rings is 3. The monoisotopic (exact) mass is 339 g/mol. The molecule has 0 saturated carbocycles. The molecule has 4 rings (SSSR count). The van der Waals surface area contributed by atoms with E-state index >= 15 is 0 Å². The van der Waals surface area contributed by atoms with E-state index in [0.29, 0.717) is 27.8 Å². The van der Waals surface area contributed by atoms with Gasteiger partial charge in [-0.25, -0.2) is 0 Å². The van der Waals surface area contributed by atoms with Gasteiger partial charge in [-0.15, -0.1) is 0 Å². The van der Waals surface area contributed by atoms with Crippen molar-refractivity contribution in [3.8, 4) is 0 Å². The first-order valence-corrected chi connectivity index (χ1v) is 8.47. The maximum absolute atomic E-state index is 13.1. The number of aryl methyl sites for hydroxylation is 2. The fourth-order valence-corrected chi connectivity index (χ4v) is 3.70. The predicted molar refractivity (Wildman–Crippen MR) is 102 cm³/mol. The summed E-state index contributed by atoms with van der Waals surface area (Å²) in [6.45, 7) is 3.91. The van der Waals surface area contributed by atoms with Crippen molar-refractivity contribution in [2.45, 2.75) is 13.8 Å². The lowest BCUT2D eigenvalue weighted by molar-refractivity contribution is 0.0979. The average Bonchev–Trinajstić information content (AvgIpc) is 2.65. The van der Waals surface area contributed by atoms with Gasteiger partial charge >= 0.3 is 0 Å². The molecule has 0 atom stereocenters. The summed E-state index contributed by atoms with van der Waals surface area (Å²) < 4.78 is 0. The van der Waals surface area contributed by atoms with E-state index in [0.717, 1.165) is 16.7 Å². The molecule has 0 heterocycles. The molecule has 3 nitrogen and oxygen atoms in total. The van der Waals surface area contributed by atoms with E-state index in [-0.39, 0.29) is 17.3 Å². The van der Waals surface area contributed by atoms with Crippen molar-refractivity contribution < 1.29 is 9.59 Å². The molecule has 0 amide bonds. The lowest BCUT2D eigenvalue weighted by atomic mass is 9.79. The summed E-state index contributed by atoms with van der Waals surface area (Å²) >= 11 is 0. The number of hydrogen-bond donors (Lipinski definition) is 1. The fourth-order valence-electron chi connectivity index (χ4n) is 3.70. The van der Waals surface area contributed by atoms with Gasteiger partial charge in [0.1, 0.15) is 0 Å². The zero-order valence-electron chi connectivity index (χ0n) is 14.6. The maximum Gasteiger partial charge on any atom is 0.195 e. The molecule has 0 unspecified atom stereocenters. The van der Waals surface area contributed by atoms with Crippen molar-refractivity contribution in [1.82, 2.24) is 0 Å². The van der Waals surface area contributed by atoms with Crippen LogP contribution in [-0.4, -0.2) is 17.3 Å². The van der Waals surface area contributed by atoms with Crippen molar-refractivity contribution in [1.29, 1.82) is 5.41 Å². The molecule has 0 aromatic heterocycles.